The Bertz CT molecular complexity index is 258. The van der Waals surface area contributed by atoms with Crippen LogP contribution in [0.25, 0.3) is 0 Å². The van der Waals surface area contributed by atoms with Crippen molar-refractivity contribution in [1.29, 1.82) is 0 Å². The predicted octanol–water partition coefficient (Wildman–Crippen LogP) is -8.62. The second-order valence-corrected chi connectivity index (χ2v) is 6.03. The van der Waals surface area contributed by atoms with Gasteiger partial charge in [0.05, 0.1) is 5.75 Å². The molecule has 1 saturated heterocycles. The van der Waals surface area contributed by atoms with Crippen molar-refractivity contribution in [2.75, 3.05) is 24.6 Å². The van der Waals surface area contributed by atoms with Crippen LogP contribution in [0.1, 0.15) is 13.3 Å². The summed E-state index contributed by atoms with van der Waals surface area (Å²) < 4.78 is 22.3. The van der Waals surface area contributed by atoms with Gasteiger partial charge in [0.25, 0.3) is 0 Å². The Morgan fingerprint density at radius 2 is 2.00 bits per heavy atom. The maximum Gasteiger partial charge on any atom is 0.156 e. The van der Waals surface area contributed by atoms with Gasteiger partial charge in [0.15, 0.2) is 9.84 Å². The zero-order valence-corrected chi connectivity index (χ0v) is 10.6. The van der Waals surface area contributed by atoms with Gasteiger partial charge in [0.1, 0.15) is 24.4 Å². The number of sulfone groups is 1. The third-order valence-corrected chi connectivity index (χ3v) is 4.30. The lowest BCUT2D eigenvalue weighted by atomic mass is 10.0. The molecular weight excluding hydrogens is 247 g/mol. The first kappa shape index (κ1) is 16.9. The summed E-state index contributed by atoms with van der Waals surface area (Å²) in [6, 6.07) is 0. The van der Waals surface area contributed by atoms with Gasteiger partial charge < -0.3 is 35.9 Å². The average Bonchev–Trinajstić information content (AvgIpc) is 2.23. The van der Waals surface area contributed by atoms with E-state index in [0.717, 1.165) is 19.5 Å². The van der Waals surface area contributed by atoms with Gasteiger partial charge in [0.2, 0.25) is 0 Å². The number of quaternary nitrogens is 2. The van der Waals surface area contributed by atoms with E-state index in [1.54, 1.807) is 0 Å². The second kappa shape index (κ2) is 6.12. The molecule has 0 radical (unpaired) electrons. The van der Waals surface area contributed by atoms with Crippen molar-refractivity contribution < 1.29 is 44.3 Å². The van der Waals surface area contributed by atoms with E-state index in [-0.39, 0.29) is 30.4 Å². The third kappa shape index (κ3) is 4.79. The second-order valence-electron chi connectivity index (χ2n) is 3.84. The molecule has 1 aliphatic heterocycles. The highest BCUT2D eigenvalue weighted by Gasteiger charge is 2.41. The Morgan fingerprint density at radius 3 is 2.36 bits per heavy atom. The fourth-order valence-corrected chi connectivity index (χ4v) is 3.84. The van der Waals surface area contributed by atoms with Crippen molar-refractivity contribution in [2.24, 2.45) is 0 Å². The molecule has 0 aromatic rings. The Balaban J connectivity index is 0. The molecule has 88 valence electrons. The molecule has 0 bridgehead atoms. The monoisotopic (exact) mass is 264 g/mol. The minimum absolute atomic E-state index is 0. The topological polar surface area (TPSA) is 78.4 Å². The summed E-state index contributed by atoms with van der Waals surface area (Å²) in [6.45, 7) is 3.80. The van der Waals surface area contributed by atoms with Crippen LogP contribution >= 0.6 is 0 Å². The summed E-state index contributed by atoms with van der Waals surface area (Å²) in [6.07, 6.45) is 0.787. The number of nitrogens with two attached hydrogens (primary N) is 1. The first-order chi connectivity index (χ1) is 5.47. The average molecular weight is 265 g/mol. The minimum atomic E-state index is -2.74. The minimum Gasteiger partial charge on any atom is -1.00 e. The zero-order valence-electron chi connectivity index (χ0n) is 8.30. The van der Waals surface area contributed by atoms with E-state index < -0.39 is 9.84 Å². The third-order valence-electron chi connectivity index (χ3n) is 2.38. The van der Waals surface area contributed by atoms with Crippen LogP contribution in [0, 0.1) is 0 Å². The first-order valence-corrected chi connectivity index (χ1v) is 6.14. The molecule has 14 heavy (non-hydrogen) atoms. The molecule has 1 atom stereocenters. The smallest absolute Gasteiger partial charge is 0.156 e. The van der Waals surface area contributed by atoms with Gasteiger partial charge in [0, 0.05) is 6.42 Å². The van der Waals surface area contributed by atoms with Crippen molar-refractivity contribution >= 4 is 9.84 Å². The first-order valence-electron chi connectivity index (χ1n) is 4.31. The summed E-state index contributed by atoms with van der Waals surface area (Å²) in [5, 5.41) is 2.12. The van der Waals surface area contributed by atoms with Crippen molar-refractivity contribution in [3.8, 4) is 0 Å². The Kier molecular flexibility index (Phi) is 7.38. The maximum atomic E-state index is 11.2. The van der Waals surface area contributed by atoms with E-state index >= 15 is 0 Å². The highest BCUT2D eigenvalue weighted by molar-refractivity contribution is 7.91. The maximum absolute atomic E-state index is 11.2. The number of hydrogen-bond acceptors (Lipinski definition) is 2. The Labute approximate surface area is 97.7 Å². The van der Waals surface area contributed by atoms with Crippen LogP contribution in [0.3, 0.4) is 0 Å². The summed E-state index contributed by atoms with van der Waals surface area (Å²) in [4.78, 5) is 0. The standard InChI is InChI=1S/C7H16N2O2S.2ClH/c1-7(9-4-3-8)2-5-12(10,11)6-7;;/h9H,2-6,8H2,1H3;2*1H. The Morgan fingerprint density at radius 1 is 1.43 bits per heavy atom. The van der Waals surface area contributed by atoms with E-state index in [4.69, 9.17) is 0 Å². The normalized spacial score (nSPS) is 29.0. The van der Waals surface area contributed by atoms with Gasteiger partial charge in [-0.3, -0.25) is 0 Å². The van der Waals surface area contributed by atoms with E-state index in [1.807, 2.05) is 6.92 Å². The van der Waals surface area contributed by atoms with Crippen molar-refractivity contribution in [3.05, 3.63) is 0 Å². The molecule has 0 aromatic heterocycles. The molecule has 1 heterocycles. The summed E-state index contributed by atoms with van der Waals surface area (Å²) in [5.74, 6) is 0.692. The predicted molar refractivity (Wildman–Crippen MR) is 46.2 cm³/mol. The molecule has 1 rings (SSSR count). The van der Waals surface area contributed by atoms with Crippen LogP contribution in [0.2, 0.25) is 0 Å². The molecule has 0 amide bonds. The van der Waals surface area contributed by atoms with E-state index in [1.165, 1.54) is 0 Å². The van der Waals surface area contributed by atoms with Crippen LogP contribution in [-0.2, 0) is 9.84 Å². The lowest BCUT2D eigenvalue weighted by Gasteiger charge is -2.18. The number of halogens is 2. The van der Waals surface area contributed by atoms with Gasteiger partial charge in [-0.2, -0.15) is 0 Å². The lowest BCUT2D eigenvalue weighted by Crippen LogP contribution is -3.00. The molecule has 0 saturated carbocycles. The SMILES string of the molecule is CC1([NH2+]CC[NH3+])CCS(=O)(=O)C1.[Cl-].[Cl-]. The molecule has 0 spiro atoms. The van der Waals surface area contributed by atoms with Crippen molar-refractivity contribution in [2.45, 2.75) is 18.9 Å². The quantitative estimate of drug-likeness (QED) is 0.531. The van der Waals surface area contributed by atoms with Crippen LogP contribution in [0.4, 0.5) is 0 Å². The molecule has 0 aliphatic carbocycles. The van der Waals surface area contributed by atoms with Gasteiger partial charge in [-0.15, -0.1) is 0 Å². The summed E-state index contributed by atoms with van der Waals surface area (Å²) in [7, 11) is -2.74. The number of hydrogen-bond donors (Lipinski definition) is 2. The van der Waals surface area contributed by atoms with Crippen LogP contribution in [-0.4, -0.2) is 38.6 Å². The molecule has 1 unspecified atom stereocenters. The molecule has 7 heteroatoms. The molecule has 0 aromatic carbocycles. The fourth-order valence-electron chi connectivity index (χ4n) is 1.65. The van der Waals surface area contributed by atoms with Crippen LogP contribution in [0.15, 0.2) is 0 Å². The summed E-state index contributed by atoms with van der Waals surface area (Å²) in [5.41, 5.74) is 3.66. The Hall–Kier alpha value is 0.450. The highest BCUT2D eigenvalue weighted by atomic mass is 35.5. The van der Waals surface area contributed by atoms with Gasteiger partial charge >= 0.3 is 0 Å². The number of rotatable bonds is 3. The van der Waals surface area contributed by atoms with Crippen molar-refractivity contribution in [3.63, 3.8) is 0 Å². The lowest BCUT2D eigenvalue weighted by molar-refractivity contribution is -0.729. The zero-order chi connectivity index (χ0) is 9.24. The van der Waals surface area contributed by atoms with Crippen LogP contribution in [0.5, 0.6) is 0 Å². The molecule has 1 aliphatic rings. The largest absolute Gasteiger partial charge is 1.00 e. The van der Waals surface area contributed by atoms with E-state index in [9.17, 15) is 8.42 Å². The van der Waals surface area contributed by atoms with Gasteiger partial charge in [-0.25, -0.2) is 8.42 Å². The molecular formula is C7H18Cl2N2O2S. The molecule has 4 nitrogen and oxygen atoms in total. The van der Waals surface area contributed by atoms with E-state index in [2.05, 4.69) is 11.1 Å². The molecule has 1 fully saturated rings. The van der Waals surface area contributed by atoms with E-state index in [0.29, 0.717) is 11.5 Å². The van der Waals surface area contributed by atoms with Crippen LogP contribution < -0.4 is 35.9 Å². The fraction of sp³-hybridized carbons (Fsp3) is 1.00. The van der Waals surface area contributed by atoms with Crippen molar-refractivity contribution in [1.82, 2.24) is 0 Å². The van der Waals surface area contributed by atoms with Gasteiger partial charge in [-0.05, 0) is 6.92 Å². The summed E-state index contributed by atoms with van der Waals surface area (Å²) >= 11 is 0. The highest BCUT2D eigenvalue weighted by Crippen LogP contribution is 2.18. The van der Waals surface area contributed by atoms with Gasteiger partial charge in [-0.1, -0.05) is 0 Å². The molecule has 5 N–H and O–H groups in total.